The van der Waals surface area contributed by atoms with Gasteiger partial charge in [-0.2, -0.15) is 0 Å². The van der Waals surface area contributed by atoms with E-state index in [1.165, 1.54) is 0 Å². The third-order valence-corrected chi connectivity index (χ3v) is 3.61. The maximum Gasteiger partial charge on any atom is 0.326 e. The molecule has 0 aliphatic rings. The number of hydrogen-bond donors (Lipinski definition) is 8. The highest BCUT2D eigenvalue weighted by molar-refractivity contribution is 6.38. The number of nitrogens with one attached hydrogen (secondary N) is 2. The van der Waals surface area contributed by atoms with Crippen molar-refractivity contribution in [2.45, 2.75) is 50.0 Å². The summed E-state index contributed by atoms with van der Waals surface area (Å²) in [6, 6.07) is -1.41. The zero-order chi connectivity index (χ0) is 21.0. The van der Waals surface area contributed by atoms with Gasteiger partial charge in [0.15, 0.2) is 6.10 Å². The second kappa shape index (κ2) is 13.1. The van der Waals surface area contributed by atoms with Crippen molar-refractivity contribution in [3.05, 3.63) is 0 Å². The number of rotatable bonds is 15. The lowest BCUT2D eigenvalue weighted by atomic mass is 10.0. The van der Waals surface area contributed by atoms with Crippen LogP contribution >= 0.6 is 0 Å². The largest absolute Gasteiger partial charge is 0.481 e. The van der Waals surface area contributed by atoms with Gasteiger partial charge in [-0.1, -0.05) is 0 Å². The van der Waals surface area contributed by atoms with E-state index in [1.807, 2.05) is 5.32 Å². The highest BCUT2D eigenvalue weighted by Gasteiger charge is 2.35. The van der Waals surface area contributed by atoms with E-state index < -0.39 is 54.6 Å². The molecule has 0 heterocycles. The number of Topliss-reactive ketones (excluding diaryl/α,β-unsaturated/α-hetero) is 1. The van der Waals surface area contributed by atoms with Gasteiger partial charge in [0.25, 0.3) is 11.7 Å². The normalized spacial score (nSPS) is 15.4. The van der Waals surface area contributed by atoms with Gasteiger partial charge in [-0.05, 0) is 25.8 Å². The predicted octanol–water partition coefficient (Wildman–Crippen LogP) is -3.57. The molecule has 0 aromatic heterocycles. The van der Waals surface area contributed by atoms with E-state index in [9.17, 15) is 29.4 Å². The average Bonchev–Trinajstić information content (AvgIpc) is 2.62. The average molecular weight is 394 g/mol. The first-order valence-corrected chi connectivity index (χ1v) is 8.26. The predicted molar refractivity (Wildman–Crippen MR) is 88.7 cm³/mol. The first kappa shape index (κ1) is 24.9. The molecule has 8 N–H and O–H groups in total. The van der Waals surface area contributed by atoms with Crippen LogP contribution < -0.4 is 10.6 Å². The zero-order valence-electron chi connectivity index (χ0n) is 14.6. The van der Waals surface area contributed by atoms with E-state index in [1.54, 1.807) is 0 Å². The second-order valence-electron chi connectivity index (χ2n) is 5.80. The van der Waals surface area contributed by atoms with Crippen molar-refractivity contribution in [2.75, 3.05) is 19.7 Å². The molecule has 27 heavy (non-hydrogen) atoms. The highest BCUT2D eigenvalue weighted by Crippen LogP contribution is 2.04. The first-order chi connectivity index (χ1) is 12.6. The van der Waals surface area contributed by atoms with Gasteiger partial charge in [-0.3, -0.25) is 14.4 Å². The Morgan fingerprint density at radius 1 is 0.926 bits per heavy atom. The van der Waals surface area contributed by atoms with Crippen LogP contribution in [0.4, 0.5) is 0 Å². The topological polar surface area (TPSA) is 214 Å². The fourth-order valence-electron chi connectivity index (χ4n) is 2.01. The van der Waals surface area contributed by atoms with Crippen LogP contribution in [0.25, 0.3) is 0 Å². The summed E-state index contributed by atoms with van der Waals surface area (Å²) >= 11 is 0. The quantitative estimate of drug-likeness (QED) is 0.100. The highest BCUT2D eigenvalue weighted by atomic mass is 16.4. The minimum Gasteiger partial charge on any atom is -0.481 e. The number of ketones is 1. The van der Waals surface area contributed by atoms with Crippen LogP contribution in [0.2, 0.25) is 0 Å². The third kappa shape index (κ3) is 9.96. The molecule has 156 valence electrons. The van der Waals surface area contributed by atoms with E-state index in [4.69, 9.17) is 20.4 Å². The Labute approximate surface area is 154 Å². The van der Waals surface area contributed by atoms with Crippen molar-refractivity contribution >= 4 is 23.6 Å². The lowest BCUT2D eigenvalue weighted by Gasteiger charge is -2.21. The van der Waals surface area contributed by atoms with Crippen molar-refractivity contribution in [1.29, 1.82) is 0 Å². The summed E-state index contributed by atoms with van der Waals surface area (Å²) in [5.74, 6) is -5.34. The monoisotopic (exact) mass is 394 g/mol. The van der Waals surface area contributed by atoms with E-state index in [0.717, 1.165) is 0 Å². The number of carboxylic acid groups (broad SMARTS) is 2. The van der Waals surface area contributed by atoms with Gasteiger partial charge >= 0.3 is 11.9 Å². The van der Waals surface area contributed by atoms with Gasteiger partial charge in [-0.15, -0.1) is 0 Å². The van der Waals surface area contributed by atoms with E-state index in [-0.39, 0.29) is 19.4 Å². The molecule has 0 bridgehead atoms. The second-order valence-corrected chi connectivity index (χ2v) is 5.80. The van der Waals surface area contributed by atoms with E-state index in [0.29, 0.717) is 19.4 Å². The standard InChI is InChI=1S/C15H26N2O10/c18-7-9(19)11(22)12(23)13(24)14(25)17-8(15(26)27)3-1-2-5-16-6-4-10(20)21/h8-9,11-12,16,18-19,22-23H,1-7H2,(H,17,25)(H,20,21)(H,26,27)/t8-,9-,11+,12+/m0/s1. The molecule has 0 unspecified atom stereocenters. The van der Waals surface area contributed by atoms with Gasteiger partial charge in [0.1, 0.15) is 18.2 Å². The van der Waals surface area contributed by atoms with Crippen LogP contribution in [0.5, 0.6) is 0 Å². The molecule has 0 aliphatic carbocycles. The Bertz CT molecular complexity index is 513. The van der Waals surface area contributed by atoms with Crippen molar-refractivity contribution in [3.8, 4) is 0 Å². The molecule has 12 heteroatoms. The molecular weight excluding hydrogens is 368 g/mol. The Balaban J connectivity index is 4.39. The molecule has 1 amide bonds. The number of unbranched alkanes of at least 4 members (excludes halogenated alkanes) is 1. The summed E-state index contributed by atoms with van der Waals surface area (Å²) in [4.78, 5) is 44.9. The minimum absolute atomic E-state index is 0.0210. The lowest BCUT2D eigenvalue weighted by molar-refractivity contribution is -0.152. The Hall–Kier alpha value is -2.12. The minimum atomic E-state index is -2.32. The van der Waals surface area contributed by atoms with Gasteiger partial charge < -0.3 is 41.3 Å². The van der Waals surface area contributed by atoms with Gasteiger partial charge in [0, 0.05) is 6.54 Å². The van der Waals surface area contributed by atoms with Crippen LogP contribution in [-0.4, -0.2) is 98.3 Å². The molecule has 0 saturated heterocycles. The van der Waals surface area contributed by atoms with Gasteiger partial charge in [-0.25, -0.2) is 4.79 Å². The number of amides is 1. The summed E-state index contributed by atoms with van der Waals surface area (Å²) in [7, 11) is 0. The summed E-state index contributed by atoms with van der Waals surface area (Å²) in [6.45, 7) is -0.245. The number of hydrogen-bond acceptors (Lipinski definition) is 9. The number of carboxylic acids is 2. The molecule has 0 aromatic rings. The fourth-order valence-corrected chi connectivity index (χ4v) is 2.01. The number of aliphatic hydroxyl groups excluding tert-OH is 4. The SMILES string of the molecule is O=C(O)CCNCCCC[C@H](NC(=O)C(=O)[C@H](O)[C@H](O)[C@@H](O)CO)C(=O)O. The van der Waals surface area contributed by atoms with Gasteiger partial charge in [0.2, 0.25) is 0 Å². The maximum absolute atomic E-state index is 11.7. The van der Waals surface area contributed by atoms with Crippen LogP contribution in [0.15, 0.2) is 0 Å². The Kier molecular flexibility index (Phi) is 12.1. The Morgan fingerprint density at radius 2 is 1.56 bits per heavy atom. The van der Waals surface area contributed by atoms with E-state index in [2.05, 4.69) is 5.32 Å². The molecule has 0 aromatic carbocycles. The van der Waals surface area contributed by atoms with Crippen LogP contribution in [0.1, 0.15) is 25.7 Å². The van der Waals surface area contributed by atoms with Crippen LogP contribution in [0.3, 0.4) is 0 Å². The molecule has 0 saturated carbocycles. The molecule has 0 rings (SSSR count). The molecule has 0 aliphatic heterocycles. The van der Waals surface area contributed by atoms with Gasteiger partial charge in [0.05, 0.1) is 13.0 Å². The molecular formula is C15H26N2O10. The molecule has 0 fully saturated rings. The summed E-state index contributed by atoms with van der Waals surface area (Å²) in [5.41, 5.74) is 0. The summed E-state index contributed by atoms with van der Waals surface area (Å²) in [6.07, 6.45) is -5.49. The molecule has 12 nitrogen and oxygen atoms in total. The van der Waals surface area contributed by atoms with Crippen LogP contribution in [0, 0.1) is 0 Å². The maximum atomic E-state index is 11.7. The zero-order valence-corrected chi connectivity index (χ0v) is 14.6. The number of aliphatic carboxylic acids is 2. The van der Waals surface area contributed by atoms with E-state index >= 15 is 0 Å². The number of aliphatic hydroxyl groups is 4. The number of carbonyl (C=O) groups is 4. The van der Waals surface area contributed by atoms with Crippen molar-refractivity contribution in [2.24, 2.45) is 0 Å². The lowest BCUT2D eigenvalue weighted by Crippen LogP contribution is -2.52. The number of carbonyl (C=O) groups excluding carboxylic acids is 2. The molecule has 0 radical (unpaired) electrons. The summed E-state index contributed by atoms with van der Waals surface area (Å²) in [5, 5.41) is 59.1. The third-order valence-electron chi connectivity index (χ3n) is 3.61. The molecule has 0 spiro atoms. The Morgan fingerprint density at radius 3 is 2.07 bits per heavy atom. The van der Waals surface area contributed by atoms with Crippen molar-refractivity contribution < 1.29 is 49.8 Å². The van der Waals surface area contributed by atoms with Crippen molar-refractivity contribution in [3.63, 3.8) is 0 Å². The first-order valence-electron chi connectivity index (χ1n) is 8.26. The smallest absolute Gasteiger partial charge is 0.326 e. The fraction of sp³-hybridized carbons (Fsp3) is 0.733. The summed E-state index contributed by atoms with van der Waals surface area (Å²) < 4.78 is 0. The molecule has 4 atom stereocenters. The van der Waals surface area contributed by atoms with Crippen molar-refractivity contribution in [1.82, 2.24) is 10.6 Å². The van der Waals surface area contributed by atoms with Crippen LogP contribution in [-0.2, 0) is 19.2 Å².